The van der Waals surface area contributed by atoms with E-state index in [9.17, 15) is 0 Å². The van der Waals surface area contributed by atoms with Gasteiger partial charge in [0.1, 0.15) is 0 Å². The Hall–Kier alpha value is -0.530. The van der Waals surface area contributed by atoms with Gasteiger partial charge in [0.25, 0.3) is 0 Å². The highest BCUT2D eigenvalue weighted by atomic mass is 35.5. The van der Waals surface area contributed by atoms with Crippen LogP contribution >= 0.6 is 12.4 Å². The first-order chi connectivity index (χ1) is 5.20. The monoisotopic (exact) mass is 183 g/mol. The summed E-state index contributed by atoms with van der Waals surface area (Å²) in [6.07, 6.45) is 0. The smallest absolute Gasteiger partial charge is 0.0383 e. The second kappa shape index (κ2) is 3.08. The summed E-state index contributed by atoms with van der Waals surface area (Å²) < 4.78 is 0. The van der Waals surface area contributed by atoms with Crippen LogP contribution in [0.1, 0.15) is 25.0 Å². The van der Waals surface area contributed by atoms with E-state index in [0.717, 1.165) is 6.54 Å². The van der Waals surface area contributed by atoms with Gasteiger partial charge in [-0.3, -0.25) is 0 Å². The van der Waals surface area contributed by atoms with E-state index >= 15 is 0 Å². The number of rotatable bonds is 0. The average Bonchev–Trinajstić information content (AvgIpc) is 2.29. The summed E-state index contributed by atoms with van der Waals surface area (Å²) in [5, 5.41) is 3.46. The van der Waals surface area contributed by atoms with E-state index in [1.807, 2.05) is 0 Å². The average molecular weight is 184 g/mol. The zero-order valence-electron chi connectivity index (χ0n) is 7.42. The number of hydrogen-bond donors (Lipinski definition) is 1. The molecule has 1 N–H and O–H groups in total. The van der Waals surface area contributed by atoms with Gasteiger partial charge in [-0.05, 0) is 25.0 Å². The maximum absolute atomic E-state index is 3.46. The van der Waals surface area contributed by atoms with E-state index in [4.69, 9.17) is 0 Å². The predicted octanol–water partition coefficient (Wildman–Crippen LogP) is 2.45. The fourth-order valence-electron chi connectivity index (χ4n) is 1.70. The highest BCUT2D eigenvalue weighted by molar-refractivity contribution is 5.85. The molecule has 1 aliphatic heterocycles. The number of fused-ring (bicyclic) bond motifs is 1. The van der Waals surface area contributed by atoms with E-state index in [0.29, 0.717) is 0 Å². The minimum Gasteiger partial charge on any atom is -0.304 e. The van der Waals surface area contributed by atoms with Gasteiger partial charge in [0, 0.05) is 12.1 Å². The molecule has 0 atom stereocenters. The lowest BCUT2D eigenvalue weighted by molar-refractivity contribution is 0.442. The normalized spacial score (nSPS) is 18.2. The Morgan fingerprint density at radius 3 is 2.58 bits per heavy atom. The lowest BCUT2D eigenvalue weighted by atomic mass is 9.95. The van der Waals surface area contributed by atoms with Crippen molar-refractivity contribution in [3.05, 3.63) is 35.4 Å². The molecule has 1 heterocycles. The van der Waals surface area contributed by atoms with Crippen LogP contribution in [0.25, 0.3) is 0 Å². The van der Waals surface area contributed by atoms with Crippen LogP contribution in [0.2, 0.25) is 0 Å². The molecule has 0 saturated heterocycles. The molecule has 1 nitrogen and oxygen atoms in total. The summed E-state index contributed by atoms with van der Waals surface area (Å²) in [5.41, 5.74) is 3.06. The SMILES string of the molecule is CC1(C)NCc2ccccc21.Cl. The molecule has 12 heavy (non-hydrogen) atoms. The van der Waals surface area contributed by atoms with Crippen LogP contribution in [-0.2, 0) is 12.1 Å². The molecule has 0 aromatic heterocycles. The maximum Gasteiger partial charge on any atom is 0.0383 e. The first kappa shape index (κ1) is 9.56. The van der Waals surface area contributed by atoms with Crippen molar-refractivity contribution in [1.29, 1.82) is 0 Å². The number of benzene rings is 1. The van der Waals surface area contributed by atoms with Crippen molar-refractivity contribution in [3.8, 4) is 0 Å². The van der Waals surface area contributed by atoms with Crippen LogP contribution in [0.4, 0.5) is 0 Å². The zero-order valence-corrected chi connectivity index (χ0v) is 8.24. The minimum atomic E-state index is 0. The molecule has 0 fully saturated rings. The molecule has 0 unspecified atom stereocenters. The molecule has 2 heteroatoms. The molecule has 0 bridgehead atoms. The number of hydrogen-bond acceptors (Lipinski definition) is 1. The Morgan fingerprint density at radius 1 is 1.25 bits per heavy atom. The fourth-order valence-corrected chi connectivity index (χ4v) is 1.70. The van der Waals surface area contributed by atoms with Crippen molar-refractivity contribution >= 4 is 12.4 Å². The van der Waals surface area contributed by atoms with Crippen LogP contribution in [0.3, 0.4) is 0 Å². The molecule has 1 aromatic rings. The molecule has 1 aliphatic rings. The molecule has 0 spiro atoms. The molecular weight excluding hydrogens is 170 g/mol. The van der Waals surface area contributed by atoms with Crippen LogP contribution in [0.5, 0.6) is 0 Å². The van der Waals surface area contributed by atoms with Crippen molar-refractivity contribution in [3.63, 3.8) is 0 Å². The van der Waals surface area contributed by atoms with Crippen molar-refractivity contribution in [2.24, 2.45) is 0 Å². The Labute approximate surface area is 79.6 Å². The first-order valence-corrected chi connectivity index (χ1v) is 4.03. The topological polar surface area (TPSA) is 12.0 Å². The molecule has 0 aliphatic carbocycles. The Morgan fingerprint density at radius 2 is 1.92 bits per heavy atom. The predicted molar refractivity (Wildman–Crippen MR) is 53.6 cm³/mol. The highest BCUT2D eigenvalue weighted by Crippen LogP contribution is 2.29. The molecule has 0 radical (unpaired) electrons. The third kappa shape index (κ3) is 1.35. The minimum absolute atomic E-state index is 0. The third-order valence-electron chi connectivity index (χ3n) is 2.41. The summed E-state index contributed by atoms with van der Waals surface area (Å²) in [4.78, 5) is 0. The lowest BCUT2D eigenvalue weighted by Crippen LogP contribution is -2.28. The second-order valence-corrected chi connectivity index (χ2v) is 3.64. The van der Waals surface area contributed by atoms with Gasteiger partial charge in [-0.25, -0.2) is 0 Å². The number of nitrogens with one attached hydrogen (secondary N) is 1. The molecule has 0 amide bonds. The Kier molecular flexibility index (Phi) is 2.45. The molecule has 1 aromatic carbocycles. The largest absolute Gasteiger partial charge is 0.304 e. The summed E-state index contributed by atoms with van der Waals surface area (Å²) in [6.45, 7) is 5.46. The summed E-state index contributed by atoms with van der Waals surface area (Å²) in [6, 6.07) is 8.60. The van der Waals surface area contributed by atoms with E-state index in [1.165, 1.54) is 11.1 Å². The molecular formula is C10H14ClN. The van der Waals surface area contributed by atoms with E-state index in [-0.39, 0.29) is 17.9 Å². The summed E-state index contributed by atoms with van der Waals surface area (Å²) >= 11 is 0. The quantitative estimate of drug-likeness (QED) is 0.652. The summed E-state index contributed by atoms with van der Waals surface area (Å²) in [7, 11) is 0. The third-order valence-corrected chi connectivity index (χ3v) is 2.41. The standard InChI is InChI=1S/C10H13N.ClH/c1-10(2)9-6-4-3-5-8(9)7-11-10;/h3-6,11H,7H2,1-2H3;1H. The fraction of sp³-hybridized carbons (Fsp3) is 0.400. The van der Waals surface area contributed by atoms with Crippen molar-refractivity contribution in [1.82, 2.24) is 5.32 Å². The van der Waals surface area contributed by atoms with Crippen LogP contribution < -0.4 is 5.32 Å². The highest BCUT2D eigenvalue weighted by Gasteiger charge is 2.27. The van der Waals surface area contributed by atoms with Crippen molar-refractivity contribution < 1.29 is 0 Å². The van der Waals surface area contributed by atoms with E-state index in [1.54, 1.807) is 0 Å². The van der Waals surface area contributed by atoms with Gasteiger partial charge in [0.15, 0.2) is 0 Å². The van der Waals surface area contributed by atoms with Gasteiger partial charge in [0.05, 0.1) is 0 Å². The van der Waals surface area contributed by atoms with Crippen molar-refractivity contribution in [2.45, 2.75) is 25.9 Å². The maximum atomic E-state index is 3.46. The van der Waals surface area contributed by atoms with E-state index in [2.05, 4.69) is 43.4 Å². The van der Waals surface area contributed by atoms with Gasteiger partial charge >= 0.3 is 0 Å². The second-order valence-electron chi connectivity index (χ2n) is 3.64. The zero-order chi connectivity index (χ0) is 7.90. The molecule has 2 rings (SSSR count). The van der Waals surface area contributed by atoms with E-state index < -0.39 is 0 Å². The van der Waals surface area contributed by atoms with Gasteiger partial charge in [-0.1, -0.05) is 24.3 Å². The van der Waals surface area contributed by atoms with Crippen LogP contribution in [0, 0.1) is 0 Å². The van der Waals surface area contributed by atoms with Gasteiger partial charge < -0.3 is 5.32 Å². The van der Waals surface area contributed by atoms with Crippen LogP contribution in [-0.4, -0.2) is 0 Å². The molecule has 66 valence electrons. The van der Waals surface area contributed by atoms with Gasteiger partial charge in [-0.2, -0.15) is 0 Å². The Bertz CT molecular complexity index is 281. The van der Waals surface area contributed by atoms with Gasteiger partial charge in [-0.15, -0.1) is 12.4 Å². The number of halogens is 1. The van der Waals surface area contributed by atoms with Gasteiger partial charge in [0.2, 0.25) is 0 Å². The van der Waals surface area contributed by atoms with Crippen LogP contribution in [0.15, 0.2) is 24.3 Å². The van der Waals surface area contributed by atoms with Crippen molar-refractivity contribution in [2.75, 3.05) is 0 Å². The lowest BCUT2D eigenvalue weighted by Gasteiger charge is -2.19. The molecule has 0 saturated carbocycles. The Balaban J connectivity index is 0.000000720. The summed E-state index contributed by atoms with van der Waals surface area (Å²) in [5.74, 6) is 0. The first-order valence-electron chi connectivity index (χ1n) is 4.03.